The molecule has 2 heterocycles. The highest BCUT2D eigenvalue weighted by molar-refractivity contribution is 6.99. The van der Waals surface area contributed by atoms with E-state index in [1.54, 1.807) is 0 Å². The Bertz CT molecular complexity index is 2570. The van der Waals surface area contributed by atoms with Gasteiger partial charge < -0.3 is 47.1 Å². The maximum absolute atomic E-state index is 16.8. The summed E-state index contributed by atoms with van der Waals surface area (Å²) in [6.45, 7) is 8.97. The van der Waals surface area contributed by atoms with Crippen LogP contribution in [-0.4, -0.2) is 94.9 Å². The number of rotatable bonds is 22. The zero-order chi connectivity index (χ0) is 51.9. The molecule has 0 amide bonds. The highest BCUT2D eigenvalue weighted by Crippen LogP contribution is 2.39. The van der Waals surface area contributed by atoms with Crippen LogP contribution in [-0.2, 0) is 83.1 Å². The van der Waals surface area contributed by atoms with Crippen LogP contribution < -0.4 is 10.4 Å². The number of alkyl halides is 1. The van der Waals surface area contributed by atoms with Crippen molar-refractivity contribution in [3.8, 4) is 0 Å². The molecule has 2 aliphatic heterocycles. The first-order valence-corrected chi connectivity index (χ1v) is 27.1. The van der Waals surface area contributed by atoms with Crippen molar-refractivity contribution in [1.29, 1.82) is 0 Å². The van der Waals surface area contributed by atoms with E-state index >= 15 is 4.39 Å². The zero-order valence-corrected chi connectivity index (χ0v) is 43.6. The van der Waals surface area contributed by atoms with E-state index in [4.69, 9.17) is 47.1 Å². The van der Waals surface area contributed by atoms with Crippen LogP contribution in [0.2, 0.25) is 5.04 Å². The third kappa shape index (κ3) is 13.9. The van der Waals surface area contributed by atoms with Gasteiger partial charge in [0.05, 0.1) is 39.6 Å². The summed E-state index contributed by atoms with van der Waals surface area (Å²) in [5, 5.41) is 1.65. The highest BCUT2D eigenvalue weighted by Gasteiger charge is 2.56. The Labute approximate surface area is 435 Å². The van der Waals surface area contributed by atoms with Gasteiger partial charge in [-0.15, -0.1) is 0 Å². The smallest absolute Gasteiger partial charge is 0.303 e. The van der Waals surface area contributed by atoms with Crippen molar-refractivity contribution < 1.29 is 61.0 Å². The van der Waals surface area contributed by atoms with Gasteiger partial charge in [0.2, 0.25) is 6.36 Å². The van der Waals surface area contributed by atoms with Crippen molar-refractivity contribution in [1.82, 2.24) is 0 Å². The van der Waals surface area contributed by atoms with E-state index in [9.17, 15) is 9.59 Å². The molecule has 0 aliphatic carbocycles. The Hall–Kier alpha value is -5.91. The second kappa shape index (κ2) is 26.0. The van der Waals surface area contributed by atoms with Crippen molar-refractivity contribution in [2.24, 2.45) is 0 Å². The Morgan fingerprint density at radius 3 is 1.16 bits per heavy atom. The van der Waals surface area contributed by atoms with Gasteiger partial charge in [-0.3, -0.25) is 9.59 Å². The highest BCUT2D eigenvalue weighted by atomic mass is 28.4. The summed E-state index contributed by atoms with van der Waals surface area (Å²) in [6.07, 6.45) is -12.4. The Balaban J connectivity index is 1.16. The SMILES string of the molecule is CC(=O)OC1C(COC2OC(CO[Si](c3ccccc3)(c3ccccc3)C(C)(C)C)C(OC(C)=O)C(OCc3ccccc3)C2OCc2ccccc2)OC(F)C(OCc2ccccc2)C1OCc1ccccc1. The molecule has 0 radical (unpaired) electrons. The van der Waals surface area contributed by atoms with Crippen molar-refractivity contribution in [2.45, 2.75) is 128 Å². The van der Waals surface area contributed by atoms with E-state index in [1.165, 1.54) is 13.8 Å². The Morgan fingerprint density at radius 1 is 0.446 bits per heavy atom. The quantitative estimate of drug-likeness (QED) is 0.0476. The first-order valence-electron chi connectivity index (χ1n) is 25.2. The molecular formula is C60H67FO12Si. The summed E-state index contributed by atoms with van der Waals surface area (Å²) in [4.78, 5) is 26.3. The van der Waals surface area contributed by atoms with Crippen LogP contribution in [0.5, 0.6) is 0 Å². The summed E-state index contributed by atoms with van der Waals surface area (Å²) in [6, 6.07) is 58.3. The van der Waals surface area contributed by atoms with Gasteiger partial charge in [0.1, 0.15) is 36.6 Å². The molecule has 0 bridgehead atoms. The van der Waals surface area contributed by atoms with Crippen LogP contribution in [0.1, 0.15) is 56.9 Å². The standard InChI is InChI=1S/C60H67FO12Si/c1-42(62)70-52-50(72-58(61)56(66-38-46-28-16-8-17-29-46)54(52)64-36-44-24-12-6-13-25-44)40-68-59-57(67-39-47-30-18-9-19-31-47)55(65-37-45-26-14-7-15-27-45)53(71-43(2)63)51(73-59)41-69-74(60(3,4)5,48-32-20-10-21-33-48)49-34-22-11-23-35-49/h6-35,50-59H,36-41H2,1-5H3. The number of hydrogen-bond acceptors (Lipinski definition) is 12. The topological polar surface area (TPSA) is 126 Å². The number of benzene rings is 6. The van der Waals surface area contributed by atoms with Crippen LogP contribution in [0.3, 0.4) is 0 Å². The maximum atomic E-state index is 16.8. The second-order valence-corrected chi connectivity index (χ2v) is 23.9. The molecule has 0 N–H and O–H groups in total. The molecule has 2 fully saturated rings. The molecule has 10 unspecified atom stereocenters. The van der Waals surface area contributed by atoms with Gasteiger partial charge in [-0.2, -0.15) is 0 Å². The van der Waals surface area contributed by atoms with E-state index < -0.39 is 86.8 Å². The molecule has 2 aliphatic rings. The van der Waals surface area contributed by atoms with Gasteiger partial charge in [-0.1, -0.05) is 203 Å². The fourth-order valence-corrected chi connectivity index (χ4v) is 14.3. The summed E-state index contributed by atoms with van der Waals surface area (Å²) in [5.41, 5.74) is 3.32. The minimum absolute atomic E-state index is 0.0377. The number of ether oxygens (including phenoxy) is 9. The molecule has 390 valence electrons. The van der Waals surface area contributed by atoms with Gasteiger partial charge in [0.25, 0.3) is 8.32 Å². The molecule has 0 aromatic heterocycles. The predicted molar refractivity (Wildman–Crippen MR) is 279 cm³/mol. The van der Waals surface area contributed by atoms with Gasteiger partial charge in [0.15, 0.2) is 18.5 Å². The van der Waals surface area contributed by atoms with Crippen LogP contribution in [0.25, 0.3) is 0 Å². The van der Waals surface area contributed by atoms with Crippen LogP contribution in [0, 0.1) is 0 Å². The molecule has 0 saturated carbocycles. The lowest BCUT2D eigenvalue weighted by Crippen LogP contribution is -2.69. The van der Waals surface area contributed by atoms with Crippen LogP contribution >= 0.6 is 0 Å². The monoisotopic (exact) mass is 1030 g/mol. The Morgan fingerprint density at radius 2 is 0.784 bits per heavy atom. The summed E-state index contributed by atoms with van der Waals surface area (Å²) < 4.78 is 82.9. The molecular weight excluding hydrogens is 960 g/mol. The zero-order valence-electron chi connectivity index (χ0n) is 42.6. The lowest BCUT2D eigenvalue weighted by atomic mass is 9.97. The number of esters is 2. The summed E-state index contributed by atoms with van der Waals surface area (Å²) in [5.74, 6) is -1.21. The summed E-state index contributed by atoms with van der Waals surface area (Å²) >= 11 is 0. The lowest BCUT2D eigenvalue weighted by molar-refractivity contribution is -0.336. The number of halogens is 1. The molecule has 0 spiro atoms. The predicted octanol–water partition coefficient (Wildman–Crippen LogP) is 9.20. The molecule has 6 aromatic rings. The normalized spacial score (nSPS) is 24.2. The van der Waals surface area contributed by atoms with Gasteiger partial charge in [0, 0.05) is 13.8 Å². The minimum Gasteiger partial charge on any atom is -0.457 e. The fourth-order valence-electron chi connectivity index (χ4n) is 9.77. The van der Waals surface area contributed by atoms with Gasteiger partial charge >= 0.3 is 11.9 Å². The average Bonchev–Trinajstić information content (AvgIpc) is 3.41. The fraction of sp³-hybridized carbons (Fsp3) is 0.367. The van der Waals surface area contributed by atoms with Crippen molar-refractivity contribution in [3.05, 3.63) is 204 Å². The summed E-state index contributed by atoms with van der Waals surface area (Å²) in [7, 11) is -3.22. The van der Waals surface area contributed by atoms with Crippen molar-refractivity contribution in [3.63, 3.8) is 0 Å². The molecule has 14 heteroatoms. The van der Waals surface area contributed by atoms with E-state index in [2.05, 4.69) is 45.0 Å². The van der Waals surface area contributed by atoms with E-state index in [1.807, 2.05) is 158 Å². The molecule has 74 heavy (non-hydrogen) atoms. The Kier molecular flexibility index (Phi) is 19.1. The van der Waals surface area contributed by atoms with Crippen LogP contribution in [0.15, 0.2) is 182 Å². The minimum atomic E-state index is -3.22. The van der Waals surface area contributed by atoms with Gasteiger partial charge in [-0.25, -0.2) is 4.39 Å². The number of carbonyl (C=O) groups excluding carboxylic acids is 2. The first-order chi connectivity index (χ1) is 35.9. The van der Waals surface area contributed by atoms with E-state index in [-0.39, 0.29) is 39.6 Å². The van der Waals surface area contributed by atoms with Crippen molar-refractivity contribution >= 4 is 30.6 Å². The number of carbonyl (C=O) groups is 2. The van der Waals surface area contributed by atoms with E-state index in [0.29, 0.717) is 0 Å². The molecule has 8 rings (SSSR count). The second-order valence-electron chi connectivity index (χ2n) is 19.6. The lowest BCUT2D eigenvalue weighted by Gasteiger charge is -2.48. The average molecular weight is 1030 g/mol. The third-order valence-electron chi connectivity index (χ3n) is 13.2. The van der Waals surface area contributed by atoms with Crippen LogP contribution in [0.4, 0.5) is 4.39 Å². The number of hydrogen-bond donors (Lipinski definition) is 0. The van der Waals surface area contributed by atoms with Crippen molar-refractivity contribution in [2.75, 3.05) is 13.2 Å². The largest absolute Gasteiger partial charge is 0.457 e. The third-order valence-corrected chi connectivity index (χ3v) is 18.2. The van der Waals surface area contributed by atoms with Gasteiger partial charge in [-0.05, 0) is 37.7 Å². The first kappa shape index (κ1) is 54.4. The molecule has 10 atom stereocenters. The van der Waals surface area contributed by atoms with E-state index in [0.717, 1.165) is 32.6 Å². The molecule has 6 aromatic carbocycles. The maximum Gasteiger partial charge on any atom is 0.303 e. The molecule has 2 saturated heterocycles. The molecule has 12 nitrogen and oxygen atoms in total.